The van der Waals surface area contributed by atoms with Crippen molar-refractivity contribution in [1.82, 2.24) is 4.72 Å². The molecule has 1 aliphatic carbocycles. The first kappa shape index (κ1) is 13.0. The predicted octanol–water partition coefficient (Wildman–Crippen LogP) is 1.67. The van der Waals surface area contributed by atoms with Gasteiger partial charge in [0.15, 0.2) is 0 Å². The lowest BCUT2D eigenvalue weighted by atomic mass is 10.2. The highest BCUT2D eigenvalue weighted by atomic mass is 32.2. The standard InChI is InChI=1S/C11H18N2O2S2/c1-2-3-8-6-9(8)13-17(14,15)11-4-5-16-10(11)7-12/h4-5,8-9,13H,2-3,6-7,12H2,1H3. The maximum atomic E-state index is 12.1. The molecule has 1 aromatic rings. The molecule has 0 saturated heterocycles. The van der Waals surface area contributed by atoms with Crippen LogP contribution in [0.5, 0.6) is 0 Å². The average molecular weight is 274 g/mol. The molecule has 96 valence electrons. The van der Waals surface area contributed by atoms with Gasteiger partial charge in [-0.3, -0.25) is 0 Å². The van der Waals surface area contributed by atoms with Crippen molar-refractivity contribution in [3.63, 3.8) is 0 Å². The number of nitrogens with two attached hydrogens (primary N) is 1. The van der Waals surface area contributed by atoms with Gasteiger partial charge in [-0.2, -0.15) is 0 Å². The van der Waals surface area contributed by atoms with Crippen LogP contribution in [0.1, 0.15) is 31.1 Å². The van der Waals surface area contributed by atoms with Crippen LogP contribution in [-0.2, 0) is 16.6 Å². The van der Waals surface area contributed by atoms with Gasteiger partial charge in [0.25, 0.3) is 0 Å². The Kier molecular flexibility index (Phi) is 3.87. The molecule has 4 nitrogen and oxygen atoms in total. The summed E-state index contributed by atoms with van der Waals surface area (Å²) in [7, 11) is -3.37. The first-order valence-corrected chi connectivity index (χ1v) is 8.23. The highest BCUT2D eigenvalue weighted by Gasteiger charge is 2.39. The summed E-state index contributed by atoms with van der Waals surface area (Å²) < 4.78 is 27.0. The van der Waals surface area contributed by atoms with Gasteiger partial charge in [0, 0.05) is 17.5 Å². The van der Waals surface area contributed by atoms with Crippen LogP contribution in [0.2, 0.25) is 0 Å². The molecule has 2 atom stereocenters. The van der Waals surface area contributed by atoms with Crippen LogP contribution in [-0.4, -0.2) is 14.5 Å². The molecule has 1 aliphatic rings. The third kappa shape index (κ3) is 2.88. The number of nitrogens with one attached hydrogen (secondary N) is 1. The zero-order valence-electron chi connectivity index (χ0n) is 9.85. The summed E-state index contributed by atoms with van der Waals surface area (Å²) in [4.78, 5) is 1.08. The van der Waals surface area contributed by atoms with Crippen LogP contribution in [0, 0.1) is 5.92 Å². The summed E-state index contributed by atoms with van der Waals surface area (Å²) in [5, 5.41) is 1.77. The lowest BCUT2D eigenvalue weighted by Crippen LogP contribution is -2.27. The molecule has 0 aliphatic heterocycles. The molecular formula is C11H18N2O2S2. The van der Waals surface area contributed by atoms with E-state index in [9.17, 15) is 8.42 Å². The second-order valence-electron chi connectivity index (χ2n) is 4.42. The van der Waals surface area contributed by atoms with E-state index < -0.39 is 10.0 Å². The van der Waals surface area contributed by atoms with Crippen LogP contribution in [0.15, 0.2) is 16.3 Å². The van der Waals surface area contributed by atoms with Gasteiger partial charge in [-0.1, -0.05) is 13.3 Å². The van der Waals surface area contributed by atoms with Crippen molar-refractivity contribution in [1.29, 1.82) is 0 Å². The molecule has 0 amide bonds. The van der Waals surface area contributed by atoms with Gasteiger partial charge < -0.3 is 5.73 Å². The number of sulfonamides is 1. The number of rotatable bonds is 6. The molecule has 2 unspecified atom stereocenters. The summed E-state index contributed by atoms with van der Waals surface area (Å²) in [6.45, 7) is 2.40. The van der Waals surface area contributed by atoms with Crippen molar-refractivity contribution in [2.75, 3.05) is 0 Å². The van der Waals surface area contributed by atoms with Crippen molar-refractivity contribution in [2.45, 2.75) is 43.7 Å². The smallest absolute Gasteiger partial charge is 0.241 e. The Bertz CT molecular complexity index is 481. The minimum absolute atomic E-state index is 0.130. The van der Waals surface area contributed by atoms with Gasteiger partial charge in [0.2, 0.25) is 10.0 Å². The molecule has 0 radical (unpaired) electrons. The third-order valence-electron chi connectivity index (χ3n) is 3.07. The van der Waals surface area contributed by atoms with E-state index >= 15 is 0 Å². The van der Waals surface area contributed by atoms with E-state index in [0.29, 0.717) is 10.8 Å². The molecule has 1 saturated carbocycles. The van der Waals surface area contributed by atoms with Gasteiger partial charge in [-0.05, 0) is 30.2 Å². The molecule has 1 heterocycles. The Labute approximate surface area is 106 Å². The highest BCUT2D eigenvalue weighted by molar-refractivity contribution is 7.89. The zero-order valence-corrected chi connectivity index (χ0v) is 11.5. The van der Waals surface area contributed by atoms with Crippen molar-refractivity contribution in [3.8, 4) is 0 Å². The number of hydrogen-bond acceptors (Lipinski definition) is 4. The van der Waals surface area contributed by atoms with Gasteiger partial charge in [-0.25, -0.2) is 13.1 Å². The number of thiophene rings is 1. The molecule has 0 aromatic carbocycles. The maximum absolute atomic E-state index is 12.1. The fraction of sp³-hybridized carbons (Fsp3) is 0.636. The summed E-state index contributed by atoms with van der Waals surface area (Å²) >= 11 is 1.39. The fourth-order valence-electron chi connectivity index (χ4n) is 2.06. The Morgan fingerprint density at radius 1 is 1.59 bits per heavy atom. The van der Waals surface area contributed by atoms with Gasteiger partial charge in [0.1, 0.15) is 0 Å². The van der Waals surface area contributed by atoms with E-state index in [-0.39, 0.29) is 12.6 Å². The molecule has 17 heavy (non-hydrogen) atoms. The van der Waals surface area contributed by atoms with Crippen molar-refractivity contribution >= 4 is 21.4 Å². The first-order valence-electron chi connectivity index (χ1n) is 5.87. The molecule has 3 N–H and O–H groups in total. The minimum atomic E-state index is -3.37. The van der Waals surface area contributed by atoms with E-state index in [0.717, 1.165) is 24.1 Å². The third-order valence-corrected chi connectivity index (χ3v) is 5.72. The average Bonchev–Trinajstić information content (AvgIpc) is 2.83. The Balaban J connectivity index is 2.05. The van der Waals surface area contributed by atoms with Crippen LogP contribution in [0.25, 0.3) is 0 Å². The van der Waals surface area contributed by atoms with Crippen LogP contribution < -0.4 is 10.5 Å². The van der Waals surface area contributed by atoms with Crippen LogP contribution in [0.4, 0.5) is 0 Å². The van der Waals surface area contributed by atoms with E-state index in [1.807, 2.05) is 0 Å². The molecule has 0 bridgehead atoms. The summed E-state index contributed by atoms with van der Waals surface area (Å²) in [5.74, 6) is 0.523. The molecule has 2 rings (SSSR count). The zero-order chi connectivity index (χ0) is 12.5. The molecular weight excluding hydrogens is 256 g/mol. The minimum Gasteiger partial charge on any atom is -0.326 e. The fourth-order valence-corrected chi connectivity index (χ4v) is 4.71. The van der Waals surface area contributed by atoms with E-state index in [1.54, 1.807) is 11.4 Å². The lowest BCUT2D eigenvalue weighted by Gasteiger charge is -2.06. The van der Waals surface area contributed by atoms with E-state index in [4.69, 9.17) is 5.73 Å². The first-order chi connectivity index (χ1) is 8.08. The highest BCUT2D eigenvalue weighted by Crippen LogP contribution is 2.36. The summed E-state index contributed by atoms with van der Waals surface area (Å²) in [6.07, 6.45) is 3.17. The predicted molar refractivity (Wildman–Crippen MR) is 69.3 cm³/mol. The van der Waals surface area contributed by atoms with Gasteiger partial charge >= 0.3 is 0 Å². The number of hydrogen-bond donors (Lipinski definition) is 2. The topological polar surface area (TPSA) is 72.2 Å². The summed E-state index contributed by atoms with van der Waals surface area (Å²) in [6, 6.07) is 1.76. The Morgan fingerprint density at radius 3 is 3.00 bits per heavy atom. The molecule has 0 spiro atoms. The van der Waals surface area contributed by atoms with Gasteiger partial charge in [0.05, 0.1) is 4.90 Å². The largest absolute Gasteiger partial charge is 0.326 e. The van der Waals surface area contributed by atoms with E-state index in [1.165, 1.54) is 11.3 Å². The maximum Gasteiger partial charge on any atom is 0.241 e. The van der Waals surface area contributed by atoms with E-state index in [2.05, 4.69) is 11.6 Å². The van der Waals surface area contributed by atoms with Crippen LogP contribution >= 0.6 is 11.3 Å². The molecule has 1 fully saturated rings. The SMILES string of the molecule is CCCC1CC1NS(=O)(=O)c1ccsc1CN. The Morgan fingerprint density at radius 2 is 2.35 bits per heavy atom. The van der Waals surface area contributed by atoms with Crippen molar-refractivity contribution in [3.05, 3.63) is 16.3 Å². The summed E-state index contributed by atoms with van der Waals surface area (Å²) in [5.41, 5.74) is 5.53. The normalized spacial score (nSPS) is 23.9. The molecule has 1 aromatic heterocycles. The molecule has 6 heteroatoms. The monoisotopic (exact) mass is 274 g/mol. The second-order valence-corrected chi connectivity index (χ2v) is 7.11. The Hall–Kier alpha value is -0.430. The van der Waals surface area contributed by atoms with Crippen molar-refractivity contribution in [2.24, 2.45) is 11.7 Å². The van der Waals surface area contributed by atoms with Crippen LogP contribution in [0.3, 0.4) is 0 Å². The lowest BCUT2D eigenvalue weighted by molar-refractivity contribution is 0.572. The van der Waals surface area contributed by atoms with Crippen molar-refractivity contribution < 1.29 is 8.42 Å². The van der Waals surface area contributed by atoms with Gasteiger partial charge in [-0.15, -0.1) is 11.3 Å². The quantitative estimate of drug-likeness (QED) is 0.829. The second kappa shape index (κ2) is 5.06.